The van der Waals surface area contributed by atoms with Gasteiger partial charge in [0.25, 0.3) is 0 Å². The van der Waals surface area contributed by atoms with E-state index in [4.69, 9.17) is 0 Å². The lowest BCUT2D eigenvalue weighted by Gasteiger charge is -2.38. The third-order valence-electron chi connectivity index (χ3n) is 4.33. The van der Waals surface area contributed by atoms with Gasteiger partial charge in [-0.15, -0.1) is 0 Å². The number of carbonyl (C=O) groups is 2. The molecule has 2 atom stereocenters. The van der Waals surface area contributed by atoms with E-state index in [2.05, 4.69) is 0 Å². The Labute approximate surface area is 127 Å². The molecular formula is C15H17F2N3O2. The van der Waals surface area contributed by atoms with Crippen molar-refractivity contribution in [3.8, 4) is 0 Å². The fourth-order valence-corrected chi connectivity index (χ4v) is 3.20. The molecule has 2 aliphatic heterocycles. The highest BCUT2D eigenvalue weighted by atomic mass is 19.1. The van der Waals surface area contributed by atoms with Crippen LogP contribution in [0, 0.1) is 11.6 Å². The lowest BCUT2D eigenvalue weighted by molar-refractivity contribution is -0.139. The van der Waals surface area contributed by atoms with E-state index in [0.29, 0.717) is 13.1 Å². The number of hydrogen-bond donors (Lipinski definition) is 0. The number of urea groups is 1. The fraction of sp³-hybridized carbons (Fsp3) is 0.467. The van der Waals surface area contributed by atoms with Crippen molar-refractivity contribution < 1.29 is 18.4 Å². The Hall–Kier alpha value is -2.18. The van der Waals surface area contributed by atoms with Crippen molar-refractivity contribution >= 4 is 11.9 Å². The van der Waals surface area contributed by atoms with Crippen molar-refractivity contribution in [1.82, 2.24) is 14.7 Å². The number of benzene rings is 1. The van der Waals surface area contributed by atoms with Crippen LogP contribution in [0.3, 0.4) is 0 Å². The Kier molecular flexibility index (Phi) is 3.50. The van der Waals surface area contributed by atoms with Gasteiger partial charge in [-0.1, -0.05) is 6.07 Å². The van der Waals surface area contributed by atoms with Gasteiger partial charge in [0.1, 0.15) is 17.7 Å². The van der Waals surface area contributed by atoms with Crippen molar-refractivity contribution in [2.24, 2.45) is 0 Å². The normalized spacial score (nSPS) is 25.0. The number of carbonyl (C=O) groups excluding carboxylic acids is 2. The van der Waals surface area contributed by atoms with E-state index in [0.717, 1.165) is 6.07 Å². The molecule has 2 heterocycles. The van der Waals surface area contributed by atoms with Crippen molar-refractivity contribution in [2.75, 3.05) is 20.1 Å². The van der Waals surface area contributed by atoms with Crippen LogP contribution in [0.25, 0.3) is 0 Å². The van der Waals surface area contributed by atoms with Gasteiger partial charge in [0.15, 0.2) is 0 Å². The summed E-state index contributed by atoms with van der Waals surface area (Å²) in [5.41, 5.74) is 0.266. The summed E-state index contributed by atoms with van der Waals surface area (Å²) in [7, 11) is 1.71. The molecule has 2 fully saturated rings. The van der Waals surface area contributed by atoms with E-state index in [9.17, 15) is 18.4 Å². The molecule has 3 amide bonds. The van der Waals surface area contributed by atoms with Crippen LogP contribution >= 0.6 is 0 Å². The Morgan fingerprint density at radius 1 is 1.23 bits per heavy atom. The lowest BCUT2D eigenvalue weighted by atomic mass is 10.1. The van der Waals surface area contributed by atoms with Crippen LogP contribution in [0.2, 0.25) is 0 Å². The minimum Gasteiger partial charge on any atom is -0.342 e. The number of fused-ring (bicyclic) bond motifs is 1. The van der Waals surface area contributed by atoms with E-state index in [1.165, 1.54) is 17.0 Å². The molecule has 7 heteroatoms. The van der Waals surface area contributed by atoms with Gasteiger partial charge in [-0.25, -0.2) is 13.6 Å². The molecule has 0 unspecified atom stereocenters. The maximum absolute atomic E-state index is 13.7. The van der Waals surface area contributed by atoms with Gasteiger partial charge in [0.2, 0.25) is 5.91 Å². The zero-order valence-electron chi connectivity index (χ0n) is 12.4. The molecular weight excluding hydrogens is 292 g/mol. The van der Waals surface area contributed by atoms with Crippen LogP contribution in [0.5, 0.6) is 0 Å². The number of halogens is 2. The molecule has 0 N–H and O–H groups in total. The quantitative estimate of drug-likeness (QED) is 0.829. The van der Waals surface area contributed by atoms with E-state index in [1.54, 1.807) is 23.8 Å². The highest BCUT2D eigenvalue weighted by molar-refractivity contribution is 5.89. The van der Waals surface area contributed by atoms with E-state index >= 15 is 0 Å². The van der Waals surface area contributed by atoms with Crippen LogP contribution in [-0.4, -0.2) is 58.9 Å². The van der Waals surface area contributed by atoms with Crippen LogP contribution in [0.15, 0.2) is 18.2 Å². The maximum atomic E-state index is 13.7. The van der Waals surface area contributed by atoms with Crippen LogP contribution in [0.1, 0.15) is 12.5 Å². The SMILES string of the molecule is C[C@H]1C(=O)N(C)C[C@@H]2CN(Cc3ccc(F)cc3F)C(=O)N21. The van der Waals surface area contributed by atoms with Gasteiger partial charge in [-0.2, -0.15) is 0 Å². The molecule has 0 spiro atoms. The summed E-state index contributed by atoms with van der Waals surface area (Å²) in [5, 5.41) is 0. The van der Waals surface area contributed by atoms with E-state index in [1.807, 2.05) is 0 Å². The number of hydrogen-bond acceptors (Lipinski definition) is 2. The van der Waals surface area contributed by atoms with Gasteiger partial charge < -0.3 is 14.7 Å². The fourth-order valence-electron chi connectivity index (χ4n) is 3.20. The van der Waals surface area contributed by atoms with Gasteiger partial charge in [0, 0.05) is 31.8 Å². The largest absolute Gasteiger partial charge is 0.342 e. The zero-order valence-corrected chi connectivity index (χ0v) is 12.4. The molecule has 0 aromatic heterocycles. The van der Waals surface area contributed by atoms with Gasteiger partial charge in [-0.05, 0) is 13.0 Å². The molecule has 1 aromatic rings. The minimum atomic E-state index is -0.668. The lowest BCUT2D eigenvalue weighted by Crippen LogP contribution is -2.58. The molecule has 1 aromatic carbocycles. The standard InChI is InChI=1S/C15H17F2N3O2/c1-9-14(21)18(2)7-12-8-19(15(22)20(9)12)6-10-3-4-11(16)5-13(10)17/h3-5,9,12H,6-8H2,1-2H3/t9-,12+/m0/s1. The smallest absolute Gasteiger partial charge is 0.321 e. The molecule has 2 aliphatic rings. The predicted octanol–water partition coefficient (Wildman–Crippen LogP) is 1.43. The molecule has 0 radical (unpaired) electrons. The Balaban J connectivity index is 1.80. The topological polar surface area (TPSA) is 43.9 Å². The van der Waals surface area contributed by atoms with Gasteiger partial charge in [0.05, 0.1) is 12.6 Å². The van der Waals surface area contributed by atoms with Crippen molar-refractivity contribution in [3.63, 3.8) is 0 Å². The first kappa shape index (κ1) is 14.7. The summed E-state index contributed by atoms with van der Waals surface area (Å²) >= 11 is 0. The first-order valence-corrected chi connectivity index (χ1v) is 7.14. The zero-order chi connectivity index (χ0) is 16.0. The summed E-state index contributed by atoms with van der Waals surface area (Å²) in [6, 6.07) is 2.45. The molecule has 0 bridgehead atoms. The monoisotopic (exact) mass is 309 g/mol. The second kappa shape index (κ2) is 5.23. The van der Waals surface area contributed by atoms with Crippen molar-refractivity contribution in [3.05, 3.63) is 35.4 Å². The molecule has 22 heavy (non-hydrogen) atoms. The van der Waals surface area contributed by atoms with E-state index < -0.39 is 17.7 Å². The minimum absolute atomic E-state index is 0.0720. The first-order chi connectivity index (χ1) is 10.4. The van der Waals surface area contributed by atoms with E-state index in [-0.39, 0.29) is 30.1 Å². The third kappa shape index (κ3) is 2.30. The molecule has 5 nitrogen and oxygen atoms in total. The predicted molar refractivity (Wildman–Crippen MR) is 74.9 cm³/mol. The maximum Gasteiger partial charge on any atom is 0.321 e. The Morgan fingerprint density at radius 3 is 2.64 bits per heavy atom. The second-order valence-electron chi connectivity index (χ2n) is 5.85. The van der Waals surface area contributed by atoms with Crippen LogP contribution in [-0.2, 0) is 11.3 Å². The number of rotatable bonds is 2. The van der Waals surface area contributed by atoms with Crippen LogP contribution < -0.4 is 0 Å². The summed E-state index contributed by atoms with van der Waals surface area (Å²) in [5.74, 6) is -1.41. The van der Waals surface area contributed by atoms with Crippen molar-refractivity contribution in [2.45, 2.75) is 25.6 Å². The summed E-state index contributed by atoms with van der Waals surface area (Å²) in [4.78, 5) is 29.1. The number of likely N-dealkylation sites (N-methyl/N-ethyl adjacent to an activating group) is 1. The third-order valence-corrected chi connectivity index (χ3v) is 4.33. The molecule has 0 saturated carbocycles. The average Bonchev–Trinajstić information content (AvgIpc) is 2.76. The Bertz CT molecular complexity index is 637. The second-order valence-corrected chi connectivity index (χ2v) is 5.85. The molecule has 0 aliphatic carbocycles. The number of nitrogens with zero attached hydrogens (tertiary/aromatic N) is 3. The summed E-state index contributed by atoms with van der Waals surface area (Å²) < 4.78 is 26.7. The average molecular weight is 309 g/mol. The highest BCUT2D eigenvalue weighted by Gasteiger charge is 2.46. The van der Waals surface area contributed by atoms with Gasteiger partial charge in [-0.3, -0.25) is 4.79 Å². The molecule has 118 valence electrons. The van der Waals surface area contributed by atoms with Gasteiger partial charge >= 0.3 is 6.03 Å². The number of amides is 3. The highest BCUT2D eigenvalue weighted by Crippen LogP contribution is 2.26. The van der Waals surface area contributed by atoms with Crippen molar-refractivity contribution in [1.29, 1.82) is 0 Å². The summed E-state index contributed by atoms with van der Waals surface area (Å²) in [6.45, 7) is 2.67. The Morgan fingerprint density at radius 2 is 1.95 bits per heavy atom. The first-order valence-electron chi connectivity index (χ1n) is 7.14. The molecule has 2 saturated heterocycles. The van der Waals surface area contributed by atoms with Crippen LogP contribution in [0.4, 0.5) is 13.6 Å². The summed E-state index contributed by atoms with van der Waals surface area (Å²) in [6.07, 6.45) is 0. The molecule has 3 rings (SSSR count). The number of piperazine rings is 1.